The normalized spacial score (nSPS) is 10.2. The third-order valence-corrected chi connectivity index (χ3v) is 4.38. The van der Waals surface area contributed by atoms with Crippen LogP contribution in [0.2, 0.25) is 15.1 Å². The lowest BCUT2D eigenvalue weighted by atomic mass is 10.2. The maximum atomic E-state index is 12.2. The number of carboxylic acid groups (broad SMARTS) is 1. The third kappa shape index (κ3) is 4.76. The zero-order valence-corrected chi connectivity index (χ0v) is 16.2. The molecule has 0 aromatic heterocycles. The molecule has 26 heavy (non-hydrogen) atoms. The van der Waals surface area contributed by atoms with E-state index in [-0.39, 0.29) is 37.7 Å². The highest BCUT2D eigenvalue weighted by Crippen LogP contribution is 2.34. The number of carbonyl (C=O) groups excluding carboxylic acids is 1. The Balaban J connectivity index is 2.20. The lowest BCUT2D eigenvalue weighted by molar-refractivity contribution is 0.0696. The number of thiocarbonyl (C=S) groups is 1. The molecule has 0 fully saturated rings. The standard InChI is InChI=1S/C16H11Cl3N2O4S/c1-25-13-11(19)5-8(15(23)24)6-12(13)20-16(26)21-14(22)7-2-3-9(17)10(18)4-7/h2-6H,1H3,(H,23,24)(H2,20,21,22,26). The van der Waals surface area contributed by atoms with Crippen LogP contribution in [0.4, 0.5) is 5.69 Å². The minimum Gasteiger partial charge on any atom is -0.493 e. The van der Waals surface area contributed by atoms with Crippen LogP contribution in [-0.2, 0) is 0 Å². The van der Waals surface area contributed by atoms with Crippen molar-refractivity contribution >= 4 is 69.7 Å². The first-order valence-corrected chi connectivity index (χ1v) is 8.45. The molecule has 1 amide bonds. The number of halogens is 3. The van der Waals surface area contributed by atoms with E-state index in [2.05, 4.69) is 10.6 Å². The molecule has 0 aliphatic heterocycles. The number of nitrogens with one attached hydrogen (secondary N) is 2. The number of carboxylic acids is 1. The molecule has 0 radical (unpaired) electrons. The van der Waals surface area contributed by atoms with E-state index in [9.17, 15) is 9.59 Å². The zero-order chi connectivity index (χ0) is 19.4. The SMILES string of the molecule is COc1c(Cl)cc(C(=O)O)cc1NC(=S)NC(=O)c1ccc(Cl)c(Cl)c1. The predicted octanol–water partition coefficient (Wildman–Crippen LogP) is 4.48. The molecule has 0 aliphatic rings. The summed E-state index contributed by atoms with van der Waals surface area (Å²) >= 11 is 22.8. The predicted molar refractivity (Wildman–Crippen MR) is 105 cm³/mol. The zero-order valence-electron chi connectivity index (χ0n) is 13.1. The second kappa shape index (κ2) is 8.55. The van der Waals surface area contributed by atoms with Crippen LogP contribution in [0, 0.1) is 0 Å². The molecule has 0 unspecified atom stereocenters. The molecule has 3 N–H and O–H groups in total. The molecular weight excluding hydrogens is 423 g/mol. The van der Waals surface area contributed by atoms with Crippen molar-refractivity contribution in [2.75, 3.05) is 12.4 Å². The summed E-state index contributed by atoms with van der Waals surface area (Å²) in [4.78, 5) is 23.4. The van der Waals surface area contributed by atoms with Gasteiger partial charge in [0, 0.05) is 5.56 Å². The van der Waals surface area contributed by atoms with Crippen molar-refractivity contribution in [1.29, 1.82) is 0 Å². The Morgan fingerprint density at radius 2 is 1.69 bits per heavy atom. The van der Waals surface area contributed by atoms with Crippen LogP contribution in [0.15, 0.2) is 30.3 Å². The van der Waals surface area contributed by atoms with E-state index in [1.807, 2.05) is 0 Å². The number of anilines is 1. The molecule has 2 aromatic rings. The van der Waals surface area contributed by atoms with Gasteiger partial charge in [-0.2, -0.15) is 0 Å². The molecule has 0 spiro atoms. The second-order valence-corrected chi connectivity index (χ2v) is 6.51. The van der Waals surface area contributed by atoms with E-state index in [4.69, 9.17) is 56.9 Å². The van der Waals surface area contributed by atoms with E-state index in [1.54, 1.807) is 0 Å². The summed E-state index contributed by atoms with van der Waals surface area (Å²) in [6, 6.07) is 6.88. The summed E-state index contributed by atoms with van der Waals surface area (Å²) < 4.78 is 5.14. The average Bonchev–Trinajstić information content (AvgIpc) is 2.56. The molecule has 0 saturated carbocycles. The van der Waals surface area contributed by atoms with Gasteiger partial charge in [-0.1, -0.05) is 34.8 Å². The van der Waals surface area contributed by atoms with Crippen LogP contribution in [-0.4, -0.2) is 29.2 Å². The van der Waals surface area contributed by atoms with Crippen LogP contribution < -0.4 is 15.4 Å². The van der Waals surface area contributed by atoms with E-state index in [0.29, 0.717) is 5.02 Å². The van der Waals surface area contributed by atoms with Gasteiger partial charge in [-0.15, -0.1) is 0 Å². The number of carbonyl (C=O) groups is 2. The second-order valence-electron chi connectivity index (χ2n) is 4.88. The molecule has 136 valence electrons. The molecule has 2 aromatic carbocycles. The minimum atomic E-state index is -1.18. The van der Waals surface area contributed by atoms with Gasteiger partial charge >= 0.3 is 5.97 Å². The van der Waals surface area contributed by atoms with Crippen molar-refractivity contribution < 1.29 is 19.4 Å². The van der Waals surface area contributed by atoms with Gasteiger partial charge in [0.05, 0.1) is 33.4 Å². The third-order valence-electron chi connectivity index (χ3n) is 3.15. The molecule has 0 atom stereocenters. The smallest absolute Gasteiger partial charge is 0.335 e. The number of methoxy groups -OCH3 is 1. The molecule has 0 aliphatic carbocycles. The number of aromatic carboxylic acids is 1. The summed E-state index contributed by atoms with van der Waals surface area (Å²) in [5, 5.41) is 14.8. The van der Waals surface area contributed by atoms with Crippen LogP contribution in [0.5, 0.6) is 5.75 Å². The van der Waals surface area contributed by atoms with Gasteiger partial charge in [0.15, 0.2) is 10.9 Å². The van der Waals surface area contributed by atoms with Crippen molar-refractivity contribution in [1.82, 2.24) is 5.32 Å². The van der Waals surface area contributed by atoms with Gasteiger partial charge in [-0.05, 0) is 42.5 Å². The monoisotopic (exact) mass is 432 g/mol. The van der Waals surface area contributed by atoms with Crippen molar-refractivity contribution in [3.8, 4) is 5.75 Å². The van der Waals surface area contributed by atoms with Gasteiger partial charge < -0.3 is 15.2 Å². The minimum absolute atomic E-state index is 0.0723. The maximum Gasteiger partial charge on any atom is 0.335 e. The van der Waals surface area contributed by atoms with Gasteiger partial charge in [-0.3, -0.25) is 10.1 Å². The molecule has 2 rings (SSSR count). The Hall–Kier alpha value is -2.06. The highest BCUT2D eigenvalue weighted by molar-refractivity contribution is 7.80. The Morgan fingerprint density at radius 3 is 2.27 bits per heavy atom. The summed E-state index contributed by atoms with van der Waals surface area (Å²) in [5.74, 6) is -1.52. The largest absolute Gasteiger partial charge is 0.493 e. The number of ether oxygens (including phenoxy) is 1. The van der Waals surface area contributed by atoms with Crippen molar-refractivity contribution in [2.24, 2.45) is 0 Å². The van der Waals surface area contributed by atoms with Crippen molar-refractivity contribution in [3.63, 3.8) is 0 Å². The van der Waals surface area contributed by atoms with Crippen LogP contribution in [0.1, 0.15) is 20.7 Å². The highest BCUT2D eigenvalue weighted by atomic mass is 35.5. The van der Waals surface area contributed by atoms with Gasteiger partial charge in [0.2, 0.25) is 0 Å². The maximum absolute atomic E-state index is 12.2. The fourth-order valence-corrected chi connectivity index (χ4v) is 2.78. The Morgan fingerprint density at radius 1 is 1.04 bits per heavy atom. The quantitative estimate of drug-likeness (QED) is 0.616. The van der Waals surface area contributed by atoms with E-state index >= 15 is 0 Å². The van der Waals surface area contributed by atoms with Crippen LogP contribution in [0.25, 0.3) is 0 Å². The lowest BCUT2D eigenvalue weighted by Gasteiger charge is -2.15. The first-order valence-electron chi connectivity index (χ1n) is 6.91. The summed E-state index contributed by atoms with van der Waals surface area (Å²) in [7, 11) is 1.37. The fraction of sp³-hybridized carbons (Fsp3) is 0.0625. The van der Waals surface area contributed by atoms with Crippen LogP contribution in [0.3, 0.4) is 0 Å². The summed E-state index contributed by atoms with van der Waals surface area (Å²) in [5.41, 5.74) is 0.363. The number of hydrogen-bond donors (Lipinski definition) is 3. The topological polar surface area (TPSA) is 87.7 Å². The van der Waals surface area contributed by atoms with Crippen molar-refractivity contribution in [2.45, 2.75) is 0 Å². The number of hydrogen-bond acceptors (Lipinski definition) is 4. The molecule has 6 nitrogen and oxygen atoms in total. The Kier molecular flexibility index (Phi) is 6.66. The lowest BCUT2D eigenvalue weighted by Crippen LogP contribution is -2.34. The first kappa shape index (κ1) is 20.3. The molecule has 0 heterocycles. The van der Waals surface area contributed by atoms with Gasteiger partial charge in [0.1, 0.15) is 0 Å². The van der Waals surface area contributed by atoms with Gasteiger partial charge in [0.25, 0.3) is 5.91 Å². The van der Waals surface area contributed by atoms with Gasteiger partial charge in [-0.25, -0.2) is 4.79 Å². The number of amides is 1. The van der Waals surface area contributed by atoms with Crippen molar-refractivity contribution in [3.05, 3.63) is 56.5 Å². The fourth-order valence-electron chi connectivity index (χ4n) is 1.98. The number of benzene rings is 2. The highest BCUT2D eigenvalue weighted by Gasteiger charge is 2.16. The molecule has 10 heteroatoms. The van der Waals surface area contributed by atoms with E-state index in [0.717, 1.165) is 0 Å². The number of rotatable bonds is 4. The van der Waals surface area contributed by atoms with E-state index in [1.165, 1.54) is 37.4 Å². The average molecular weight is 434 g/mol. The van der Waals surface area contributed by atoms with Crippen LogP contribution >= 0.6 is 47.0 Å². The Bertz CT molecular complexity index is 905. The molecule has 0 bridgehead atoms. The summed E-state index contributed by atoms with van der Waals surface area (Å²) in [6.45, 7) is 0. The Labute approximate surface area is 169 Å². The molecule has 0 saturated heterocycles. The molecular formula is C16H11Cl3N2O4S. The first-order chi connectivity index (χ1) is 12.2. The summed E-state index contributed by atoms with van der Waals surface area (Å²) in [6.07, 6.45) is 0. The van der Waals surface area contributed by atoms with E-state index < -0.39 is 11.9 Å².